The number of nitrogens with zero attached hydrogens (tertiary/aromatic N) is 1. The second kappa shape index (κ2) is 2.57. The quantitative estimate of drug-likeness (QED) is 0.629. The van der Waals surface area contributed by atoms with Crippen LogP contribution in [0.3, 0.4) is 0 Å². The molecule has 1 atom stereocenters. The van der Waals surface area contributed by atoms with Crippen molar-refractivity contribution in [2.45, 2.75) is 5.60 Å². The van der Waals surface area contributed by atoms with Gasteiger partial charge in [0.2, 0.25) is 0 Å². The highest BCUT2D eigenvalue weighted by atomic mass is 16.3. The number of aliphatic hydroxyl groups is 1. The number of β-amino-alcohol motifs (C(OH)–C–C–N with tert-alkyl or cyclic N) is 1. The van der Waals surface area contributed by atoms with E-state index in [-0.39, 0.29) is 5.91 Å². The molecule has 0 radical (unpaired) electrons. The first-order chi connectivity index (χ1) is 6.14. The molecule has 0 unspecified atom stereocenters. The molecular formula is C10H11NO2. The summed E-state index contributed by atoms with van der Waals surface area (Å²) in [5.74, 6) is -0.223. The number of carbonyl (C=O) groups excluding carboxylic acids is 1. The zero-order valence-corrected chi connectivity index (χ0v) is 7.40. The largest absolute Gasteiger partial charge is 0.374 e. The predicted octanol–water partition coefficient (Wildman–Crippen LogP) is 0.346. The van der Waals surface area contributed by atoms with Crippen LogP contribution in [-0.2, 0) is 10.4 Å². The van der Waals surface area contributed by atoms with Crippen molar-refractivity contribution in [1.82, 2.24) is 4.90 Å². The molecule has 1 aliphatic heterocycles. The molecule has 1 aromatic carbocycles. The van der Waals surface area contributed by atoms with E-state index >= 15 is 0 Å². The normalized spacial score (nSPS) is 27.2. The number of hydrogen-bond acceptors (Lipinski definition) is 2. The summed E-state index contributed by atoms with van der Waals surface area (Å²) in [5.41, 5.74) is -0.589. The molecule has 3 nitrogen and oxygen atoms in total. The van der Waals surface area contributed by atoms with E-state index < -0.39 is 5.60 Å². The first kappa shape index (κ1) is 8.26. The Bertz CT molecular complexity index is 336. The van der Waals surface area contributed by atoms with Gasteiger partial charge in [0.25, 0.3) is 5.91 Å². The Morgan fingerprint density at radius 3 is 2.46 bits per heavy atom. The minimum absolute atomic E-state index is 0.223. The zero-order valence-electron chi connectivity index (χ0n) is 7.40. The Kier molecular flexibility index (Phi) is 1.63. The van der Waals surface area contributed by atoms with E-state index in [0.717, 1.165) is 0 Å². The van der Waals surface area contributed by atoms with Crippen LogP contribution in [0.15, 0.2) is 30.3 Å². The van der Waals surface area contributed by atoms with Gasteiger partial charge in [0.1, 0.15) is 0 Å². The average Bonchev–Trinajstić information content (AvgIpc) is 2.19. The smallest absolute Gasteiger partial charge is 0.260 e. The van der Waals surface area contributed by atoms with Crippen LogP contribution in [0, 0.1) is 0 Å². The van der Waals surface area contributed by atoms with Crippen LogP contribution in [-0.4, -0.2) is 29.5 Å². The number of β-lactam (4-membered cyclic amide) rings is 1. The summed E-state index contributed by atoms with van der Waals surface area (Å²) in [5, 5.41) is 9.93. The number of rotatable bonds is 1. The van der Waals surface area contributed by atoms with Crippen LogP contribution in [0.4, 0.5) is 0 Å². The highest BCUT2D eigenvalue weighted by Gasteiger charge is 2.50. The third-order valence-corrected chi connectivity index (χ3v) is 2.42. The average molecular weight is 177 g/mol. The van der Waals surface area contributed by atoms with Gasteiger partial charge in [0.05, 0.1) is 6.54 Å². The fraction of sp³-hybridized carbons (Fsp3) is 0.300. The van der Waals surface area contributed by atoms with Crippen LogP contribution in [0.1, 0.15) is 5.56 Å². The molecule has 68 valence electrons. The van der Waals surface area contributed by atoms with E-state index in [2.05, 4.69) is 0 Å². The van der Waals surface area contributed by atoms with Crippen LogP contribution in [0.5, 0.6) is 0 Å². The molecule has 1 fully saturated rings. The molecule has 1 aromatic rings. The Morgan fingerprint density at radius 2 is 2.00 bits per heavy atom. The molecule has 1 aliphatic rings. The van der Waals surface area contributed by atoms with Gasteiger partial charge in [-0.05, 0) is 5.56 Å². The maximum atomic E-state index is 11.4. The van der Waals surface area contributed by atoms with Gasteiger partial charge in [0.15, 0.2) is 5.60 Å². The monoisotopic (exact) mass is 177 g/mol. The minimum Gasteiger partial charge on any atom is -0.374 e. The number of likely N-dealkylation sites (tertiary alicyclic amines) is 1. The van der Waals surface area contributed by atoms with Crippen molar-refractivity contribution in [3.05, 3.63) is 35.9 Å². The molecule has 13 heavy (non-hydrogen) atoms. The Labute approximate surface area is 76.6 Å². The van der Waals surface area contributed by atoms with Crippen molar-refractivity contribution in [3.8, 4) is 0 Å². The van der Waals surface area contributed by atoms with Crippen molar-refractivity contribution in [2.75, 3.05) is 13.6 Å². The molecule has 1 N–H and O–H groups in total. The molecule has 0 aliphatic carbocycles. The first-order valence-corrected chi connectivity index (χ1v) is 4.18. The topological polar surface area (TPSA) is 40.5 Å². The van der Waals surface area contributed by atoms with E-state index in [9.17, 15) is 9.90 Å². The van der Waals surface area contributed by atoms with Gasteiger partial charge in [0, 0.05) is 7.05 Å². The Balaban J connectivity index is 2.33. The summed E-state index contributed by atoms with van der Waals surface area (Å²) < 4.78 is 0. The van der Waals surface area contributed by atoms with Gasteiger partial charge in [-0.1, -0.05) is 30.3 Å². The molecule has 0 saturated carbocycles. The fourth-order valence-corrected chi connectivity index (χ4v) is 1.64. The highest BCUT2D eigenvalue weighted by molar-refractivity contribution is 5.92. The van der Waals surface area contributed by atoms with E-state index in [1.165, 1.54) is 4.90 Å². The molecule has 1 saturated heterocycles. The number of carbonyl (C=O) groups is 1. The lowest BCUT2D eigenvalue weighted by atomic mass is 9.86. The van der Waals surface area contributed by atoms with E-state index in [4.69, 9.17) is 0 Å². The predicted molar refractivity (Wildman–Crippen MR) is 48.0 cm³/mol. The maximum absolute atomic E-state index is 11.4. The van der Waals surface area contributed by atoms with Gasteiger partial charge < -0.3 is 10.0 Å². The van der Waals surface area contributed by atoms with Gasteiger partial charge >= 0.3 is 0 Å². The van der Waals surface area contributed by atoms with Gasteiger partial charge in [-0.2, -0.15) is 0 Å². The summed E-state index contributed by atoms with van der Waals surface area (Å²) in [4.78, 5) is 12.9. The summed E-state index contributed by atoms with van der Waals surface area (Å²) in [6.45, 7) is 0.385. The van der Waals surface area contributed by atoms with Gasteiger partial charge in [-0.15, -0.1) is 0 Å². The second-order valence-corrected chi connectivity index (χ2v) is 3.39. The van der Waals surface area contributed by atoms with E-state index in [1.54, 1.807) is 19.2 Å². The summed E-state index contributed by atoms with van der Waals surface area (Å²) in [7, 11) is 1.68. The molecule has 1 amide bonds. The standard InChI is InChI=1S/C10H11NO2/c1-11-7-10(13,9(11)12)8-5-3-2-4-6-8/h2-6,13H,7H2,1H3/t10-/m1/s1. The molecule has 0 aromatic heterocycles. The third-order valence-electron chi connectivity index (χ3n) is 2.42. The van der Waals surface area contributed by atoms with Crippen LogP contribution >= 0.6 is 0 Å². The van der Waals surface area contributed by atoms with Gasteiger partial charge in [-0.25, -0.2) is 0 Å². The summed E-state index contributed by atoms with van der Waals surface area (Å²) >= 11 is 0. The minimum atomic E-state index is -1.27. The number of benzene rings is 1. The Morgan fingerprint density at radius 1 is 1.38 bits per heavy atom. The first-order valence-electron chi connectivity index (χ1n) is 4.18. The SMILES string of the molecule is CN1C[C@@](O)(c2ccccc2)C1=O. The number of amides is 1. The van der Waals surface area contributed by atoms with Crippen LogP contribution in [0.25, 0.3) is 0 Å². The summed E-state index contributed by atoms with van der Waals surface area (Å²) in [6.07, 6.45) is 0. The van der Waals surface area contributed by atoms with Crippen LogP contribution in [0.2, 0.25) is 0 Å². The molecule has 0 bridgehead atoms. The van der Waals surface area contributed by atoms with Crippen molar-refractivity contribution in [3.63, 3.8) is 0 Å². The van der Waals surface area contributed by atoms with Crippen molar-refractivity contribution in [1.29, 1.82) is 0 Å². The lowest BCUT2D eigenvalue weighted by Crippen LogP contribution is -2.62. The summed E-state index contributed by atoms with van der Waals surface area (Å²) in [6, 6.07) is 9.04. The lowest BCUT2D eigenvalue weighted by Gasteiger charge is -2.43. The highest BCUT2D eigenvalue weighted by Crippen LogP contribution is 2.31. The van der Waals surface area contributed by atoms with Crippen LogP contribution < -0.4 is 0 Å². The lowest BCUT2D eigenvalue weighted by molar-refractivity contribution is -0.174. The van der Waals surface area contributed by atoms with E-state index in [1.807, 2.05) is 18.2 Å². The number of hydrogen-bond donors (Lipinski definition) is 1. The number of likely N-dealkylation sites (N-methyl/N-ethyl adjacent to an activating group) is 1. The van der Waals surface area contributed by atoms with E-state index in [0.29, 0.717) is 12.1 Å². The molecule has 0 spiro atoms. The maximum Gasteiger partial charge on any atom is 0.260 e. The molecular weight excluding hydrogens is 166 g/mol. The van der Waals surface area contributed by atoms with Crippen molar-refractivity contribution in [2.24, 2.45) is 0 Å². The van der Waals surface area contributed by atoms with Gasteiger partial charge in [-0.3, -0.25) is 4.79 Å². The molecule has 2 rings (SSSR count). The second-order valence-electron chi connectivity index (χ2n) is 3.39. The molecule has 1 heterocycles. The fourth-order valence-electron chi connectivity index (χ4n) is 1.64. The Hall–Kier alpha value is -1.35. The molecule has 3 heteroatoms. The van der Waals surface area contributed by atoms with Crippen molar-refractivity contribution < 1.29 is 9.90 Å². The van der Waals surface area contributed by atoms with Crippen molar-refractivity contribution >= 4 is 5.91 Å². The zero-order chi connectivity index (χ0) is 9.47. The third kappa shape index (κ3) is 1.04.